The van der Waals surface area contributed by atoms with E-state index in [0.717, 1.165) is 16.6 Å². The topological polar surface area (TPSA) is 76.1 Å². The van der Waals surface area contributed by atoms with E-state index < -0.39 is 5.97 Å². The number of hydrogen-bond donors (Lipinski definition) is 1. The van der Waals surface area contributed by atoms with Crippen LogP contribution >= 0.6 is 11.6 Å². The number of rotatable bonds is 7. The second-order valence-corrected chi connectivity index (χ2v) is 8.53. The average molecular weight is 464 g/mol. The molecular formula is C25H23BClNO5. The molecule has 6 nitrogen and oxygen atoms in total. The van der Waals surface area contributed by atoms with Crippen LogP contribution in [0, 0.1) is 0 Å². The number of carboxylic acid groups (broad SMARTS) is 1. The quantitative estimate of drug-likeness (QED) is 0.534. The number of benzene rings is 3. The molecular weight excluding hydrogens is 441 g/mol. The first-order valence-electron chi connectivity index (χ1n) is 10.6. The summed E-state index contributed by atoms with van der Waals surface area (Å²) < 4.78 is 11.8. The first-order chi connectivity index (χ1) is 15.8. The number of carbonyl (C=O) groups excluding carboxylic acids is 1. The van der Waals surface area contributed by atoms with E-state index in [1.807, 2.05) is 63.3 Å². The van der Waals surface area contributed by atoms with Crippen molar-refractivity contribution in [2.75, 3.05) is 0 Å². The number of carbonyl (C=O) groups is 2. The molecule has 1 amide bonds. The van der Waals surface area contributed by atoms with E-state index in [1.165, 1.54) is 0 Å². The van der Waals surface area contributed by atoms with Gasteiger partial charge in [-0.15, -0.1) is 0 Å². The largest absolute Gasteiger partial charge is 0.481 e. The van der Waals surface area contributed by atoms with Crippen LogP contribution in [0.4, 0.5) is 4.79 Å². The highest BCUT2D eigenvalue weighted by Gasteiger charge is 2.39. The highest BCUT2D eigenvalue weighted by atomic mass is 35.5. The smallest absolute Gasteiger partial charge is 0.411 e. The zero-order valence-electron chi connectivity index (χ0n) is 18.3. The van der Waals surface area contributed by atoms with Gasteiger partial charge in [0.15, 0.2) is 0 Å². The third kappa shape index (κ3) is 5.15. The third-order valence-electron chi connectivity index (χ3n) is 5.66. The Morgan fingerprint density at radius 2 is 1.88 bits per heavy atom. The van der Waals surface area contributed by atoms with Gasteiger partial charge < -0.3 is 14.6 Å². The van der Waals surface area contributed by atoms with Gasteiger partial charge in [-0.1, -0.05) is 59.5 Å². The molecule has 0 spiro atoms. The number of ether oxygens (including phenoxy) is 2. The molecule has 1 fully saturated rings. The molecule has 1 heterocycles. The zero-order chi connectivity index (χ0) is 23.5. The van der Waals surface area contributed by atoms with Gasteiger partial charge >= 0.3 is 12.1 Å². The Kier molecular flexibility index (Phi) is 6.61. The summed E-state index contributed by atoms with van der Waals surface area (Å²) in [6, 6.07) is 20.2. The molecule has 8 heteroatoms. The summed E-state index contributed by atoms with van der Waals surface area (Å²) in [4.78, 5) is 25.5. The monoisotopic (exact) mass is 463 g/mol. The molecule has 0 aliphatic carbocycles. The van der Waals surface area contributed by atoms with Gasteiger partial charge in [-0.25, -0.2) is 4.79 Å². The van der Waals surface area contributed by atoms with E-state index in [-0.39, 0.29) is 24.7 Å². The molecule has 3 aromatic rings. The molecule has 0 bridgehead atoms. The zero-order valence-corrected chi connectivity index (χ0v) is 19.1. The van der Waals surface area contributed by atoms with Crippen molar-refractivity contribution in [3.8, 4) is 11.5 Å². The Hall–Kier alpha value is -3.45. The van der Waals surface area contributed by atoms with Crippen molar-refractivity contribution in [2.24, 2.45) is 0 Å². The molecule has 168 valence electrons. The summed E-state index contributed by atoms with van der Waals surface area (Å²) in [5.74, 6) is 0.0758. The Bertz CT molecular complexity index is 1190. The SMILES string of the molecule is Bc1ccc(Oc2ccc(Cl)c(CC(=O)O)c2)c(CN2C(=O)O[C@H](c3ccccc3)[C@@H]2C)c1. The first-order valence-corrected chi connectivity index (χ1v) is 11.0. The molecule has 1 aliphatic heterocycles. The number of halogens is 1. The minimum absolute atomic E-state index is 0.161. The Morgan fingerprint density at radius 3 is 2.61 bits per heavy atom. The standard InChI is InChI=1S/C25H23BClNO5/c1-15-24(16-5-3-2-4-6-16)33-25(31)28(15)14-18-11-19(26)7-10-22(18)32-20-8-9-21(27)17(12-20)13-23(29)30/h2-12,15,24H,13-14,26H2,1H3,(H,29,30)/t15-,24-/m0/s1. The molecule has 0 aromatic heterocycles. The van der Waals surface area contributed by atoms with Crippen LogP contribution in [-0.4, -0.2) is 36.0 Å². The van der Waals surface area contributed by atoms with Crippen molar-refractivity contribution in [3.63, 3.8) is 0 Å². The molecule has 1 N–H and O–H groups in total. The van der Waals surface area contributed by atoms with Gasteiger partial charge in [-0.3, -0.25) is 9.69 Å². The van der Waals surface area contributed by atoms with Gasteiger partial charge in [0.25, 0.3) is 0 Å². The minimum Gasteiger partial charge on any atom is -0.481 e. The van der Waals surface area contributed by atoms with Crippen molar-refractivity contribution < 1.29 is 24.2 Å². The van der Waals surface area contributed by atoms with E-state index in [0.29, 0.717) is 28.6 Å². The maximum atomic E-state index is 12.7. The fourth-order valence-corrected chi connectivity index (χ4v) is 4.14. The van der Waals surface area contributed by atoms with Crippen LogP contribution in [0.3, 0.4) is 0 Å². The van der Waals surface area contributed by atoms with E-state index in [4.69, 9.17) is 26.2 Å². The van der Waals surface area contributed by atoms with Gasteiger partial charge in [-0.05, 0) is 42.3 Å². The van der Waals surface area contributed by atoms with Gasteiger partial charge in [0.1, 0.15) is 25.4 Å². The summed E-state index contributed by atoms with van der Waals surface area (Å²) in [6.07, 6.45) is -0.920. The minimum atomic E-state index is -0.973. The Morgan fingerprint density at radius 1 is 1.12 bits per heavy atom. The molecule has 0 saturated carbocycles. The number of cyclic esters (lactones) is 1. The third-order valence-corrected chi connectivity index (χ3v) is 6.03. The van der Waals surface area contributed by atoms with Crippen LogP contribution in [-0.2, 0) is 22.5 Å². The van der Waals surface area contributed by atoms with E-state index in [9.17, 15) is 9.59 Å². The maximum absolute atomic E-state index is 12.7. The predicted octanol–water partition coefficient (Wildman–Crippen LogP) is 4.10. The lowest BCUT2D eigenvalue weighted by Crippen LogP contribution is -2.31. The number of hydrogen-bond acceptors (Lipinski definition) is 4. The summed E-state index contributed by atoms with van der Waals surface area (Å²) in [5.41, 5.74) is 3.27. The van der Waals surface area contributed by atoms with Crippen LogP contribution in [0.15, 0.2) is 66.7 Å². The van der Waals surface area contributed by atoms with Crippen LogP contribution in [0.5, 0.6) is 11.5 Å². The lowest BCUT2D eigenvalue weighted by Gasteiger charge is -2.22. The van der Waals surface area contributed by atoms with Crippen molar-refractivity contribution >= 4 is 37.0 Å². The molecule has 0 unspecified atom stereocenters. The normalized spacial score (nSPS) is 17.6. The van der Waals surface area contributed by atoms with E-state index in [1.54, 1.807) is 23.1 Å². The highest BCUT2D eigenvalue weighted by molar-refractivity contribution is 6.32. The van der Waals surface area contributed by atoms with Crippen molar-refractivity contribution in [2.45, 2.75) is 32.0 Å². The molecule has 0 radical (unpaired) electrons. The highest BCUT2D eigenvalue weighted by Crippen LogP contribution is 2.35. The average Bonchev–Trinajstić information content (AvgIpc) is 3.06. The summed E-state index contributed by atoms with van der Waals surface area (Å²) in [6.45, 7) is 2.28. The van der Waals surface area contributed by atoms with E-state index in [2.05, 4.69) is 0 Å². The Balaban J connectivity index is 1.58. The molecule has 3 aromatic carbocycles. The van der Waals surface area contributed by atoms with Crippen LogP contribution in [0.25, 0.3) is 0 Å². The predicted molar refractivity (Wildman–Crippen MR) is 128 cm³/mol. The molecule has 1 aliphatic rings. The number of amides is 1. The van der Waals surface area contributed by atoms with Crippen molar-refractivity contribution in [1.29, 1.82) is 0 Å². The summed E-state index contributed by atoms with van der Waals surface area (Å²) in [5, 5.41) is 9.48. The second kappa shape index (κ2) is 9.59. The molecule has 1 saturated heterocycles. The van der Waals surface area contributed by atoms with Gasteiger partial charge in [-0.2, -0.15) is 0 Å². The van der Waals surface area contributed by atoms with Crippen LogP contribution in [0.2, 0.25) is 5.02 Å². The number of nitrogens with zero attached hydrogens (tertiary/aromatic N) is 1. The molecule has 4 rings (SSSR count). The first kappa shape index (κ1) is 22.7. The lowest BCUT2D eigenvalue weighted by atomic mass is 9.93. The van der Waals surface area contributed by atoms with Crippen LogP contribution in [0.1, 0.15) is 29.7 Å². The van der Waals surface area contributed by atoms with Gasteiger partial charge in [0.2, 0.25) is 0 Å². The summed E-state index contributed by atoms with van der Waals surface area (Å²) in [7, 11) is 1.97. The van der Waals surface area contributed by atoms with Gasteiger partial charge in [0.05, 0.1) is 19.0 Å². The number of carboxylic acids is 1. The lowest BCUT2D eigenvalue weighted by molar-refractivity contribution is -0.136. The number of aliphatic carboxylic acids is 1. The van der Waals surface area contributed by atoms with Gasteiger partial charge in [0, 0.05) is 10.6 Å². The van der Waals surface area contributed by atoms with Crippen molar-refractivity contribution in [1.82, 2.24) is 4.90 Å². The maximum Gasteiger partial charge on any atom is 0.411 e. The van der Waals surface area contributed by atoms with E-state index >= 15 is 0 Å². The fraction of sp³-hybridized carbons (Fsp3) is 0.200. The molecule has 33 heavy (non-hydrogen) atoms. The Labute approximate surface area is 198 Å². The molecule has 2 atom stereocenters. The summed E-state index contributed by atoms with van der Waals surface area (Å²) >= 11 is 6.13. The van der Waals surface area contributed by atoms with Crippen molar-refractivity contribution in [3.05, 3.63) is 88.4 Å². The fourth-order valence-electron chi connectivity index (χ4n) is 3.96. The van der Waals surface area contributed by atoms with Crippen LogP contribution < -0.4 is 10.2 Å². The second-order valence-electron chi connectivity index (χ2n) is 8.12.